The van der Waals surface area contributed by atoms with Gasteiger partial charge in [0.2, 0.25) is 0 Å². The summed E-state index contributed by atoms with van der Waals surface area (Å²) in [5.41, 5.74) is 3.08. The zero-order chi connectivity index (χ0) is 24.6. The Morgan fingerprint density at radius 1 is 0.886 bits per heavy atom. The topological polar surface area (TPSA) is 33.0 Å². The van der Waals surface area contributed by atoms with Crippen molar-refractivity contribution in [2.45, 2.75) is 88.6 Å². The Balaban J connectivity index is 1.20. The fraction of sp³-hybridized carbons (Fsp3) is 0.516. The van der Waals surface area contributed by atoms with E-state index in [0.29, 0.717) is 23.5 Å². The first-order valence-electron chi connectivity index (χ1n) is 13.3. The highest BCUT2D eigenvalue weighted by atomic mass is 19.1. The van der Waals surface area contributed by atoms with Gasteiger partial charge in [-0.25, -0.2) is 8.78 Å². The number of rotatable bonds is 9. The summed E-state index contributed by atoms with van der Waals surface area (Å²) in [5, 5.41) is 8.88. The van der Waals surface area contributed by atoms with Crippen molar-refractivity contribution in [2.24, 2.45) is 5.92 Å². The molecular weight excluding hydrogens is 440 g/mol. The molecule has 0 N–H and O–H groups in total. The second-order valence-corrected chi connectivity index (χ2v) is 10.4. The van der Waals surface area contributed by atoms with Crippen LogP contribution in [0.1, 0.15) is 98.3 Å². The normalized spacial score (nSPS) is 24.6. The van der Waals surface area contributed by atoms with E-state index in [2.05, 4.69) is 30.8 Å². The molecule has 2 aromatic rings. The minimum Gasteiger partial charge on any atom is -0.378 e. The van der Waals surface area contributed by atoms with E-state index in [1.807, 2.05) is 6.08 Å². The van der Waals surface area contributed by atoms with Crippen LogP contribution < -0.4 is 0 Å². The van der Waals surface area contributed by atoms with Gasteiger partial charge in [0.25, 0.3) is 0 Å². The van der Waals surface area contributed by atoms with Gasteiger partial charge in [-0.2, -0.15) is 5.26 Å². The molecule has 2 saturated carbocycles. The minimum atomic E-state index is -0.738. The molecule has 0 aliphatic heterocycles. The Hall–Kier alpha value is -2.51. The second-order valence-electron chi connectivity index (χ2n) is 10.4. The number of hydrogen-bond donors (Lipinski definition) is 0. The summed E-state index contributed by atoms with van der Waals surface area (Å²) in [6, 6.07) is 13.6. The number of nitrogens with zero attached hydrogens (tertiary/aromatic N) is 1. The van der Waals surface area contributed by atoms with Crippen molar-refractivity contribution in [3.63, 3.8) is 0 Å². The van der Waals surface area contributed by atoms with Crippen LogP contribution in [0, 0.1) is 28.9 Å². The maximum Gasteiger partial charge on any atom is 0.144 e. The fourth-order valence-corrected chi connectivity index (χ4v) is 5.93. The van der Waals surface area contributed by atoms with Crippen LogP contribution in [0.3, 0.4) is 0 Å². The Kier molecular flexibility index (Phi) is 9.10. The second kappa shape index (κ2) is 12.5. The lowest BCUT2D eigenvalue weighted by atomic mass is 9.76. The molecule has 0 bridgehead atoms. The molecule has 0 heterocycles. The Morgan fingerprint density at radius 3 is 2.09 bits per heavy atom. The first-order valence-corrected chi connectivity index (χ1v) is 13.3. The zero-order valence-electron chi connectivity index (χ0n) is 20.7. The molecule has 0 amide bonds. The molecule has 2 aliphatic carbocycles. The van der Waals surface area contributed by atoms with Gasteiger partial charge in [-0.15, -0.1) is 6.58 Å². The summed E-state index contributed by atoms with van der Waals surface area (Å²) in [4.78, 5) is 0. The lowest BCUT2D eigenvalue weighted by Gasteiger charge is -2.29. The first kappa shape index (κ1) is 25.6. The molecule has 0 unspecified atom stereocenters. The number of benzene rings is 2. The molecule has 0 atom stereocenters. The van der Waals surface area contributed by atoms with Gasteiger partial charge in [-0.05, 0) is 117 Å². The van der Waals surface area contributed by atoms with Crippen LogP contribution in [0.15, 0.2) is 49.1 Å². The molecule has 0 aromatic heterocycles. The van der Waals surface area contributed by atoms with Gasteiger partial charge in [-0.3, -0.25) is 0 Å². The zero-order valence-corrected chi connectivity index (χ0v) is 20.7. The molecule has 0 saturated heterocycles. The van der Waals surface area contributed by atoms with Gasteiger partial charge in [0.1, 0.15) is 23.3 Å². The van der Waals surface area contributed by atoms with Gasteiger partial charge < -0.3 is 4.74 Å². The van der Waals surface area contributed by atoms with Gasteiger partial charge in [0.15, 0.2) is 0 Å². The minimum absolute atomic E-state index is 0.185. The van der Waals surface area contributed by atoms with Crippen LogP contribution >= 0.6 is 0 Å². The quantitative estimate of drug-likeness (QED) is 0.268. The van der Waals surface area contributed by atoms with Crippen molar-refractivity contribution >= 4 is 0 Å². The largest absolute Gasteiger partial charge is 0.378 e. The summed E-state index contributed by atoms with van der Waals surface area (Å²) in [5.74, 6) is 0.0199. The Bertz CT molecular complexity index is 986. The SMILES string of the molecule is C=CCCOC1CCC(c2ccc(CCC3CCC(c4cc(F)c(C#N)c(F)c4)CC3)cc2)CC1. The van der Waals surface area contributed by atoms with E-state index >= 15 is 0 Å². The third-order valence-electron chi connectivity index (χ3n) is 8.14. The van der Waals surface area contributed by atoms with Gasteiger partial charge in [0.05, 0.1) is 12.7 Å². The fourth-order valence-electron chi connectivity index (χ4n) is 5.93. The molecule has 0 spiro atoms. The van der Waals surface area contributed by atoms with E-state index < -0.39 is 17.2 Å². The highest BCUT2D eigenvalue weighted by molar-refractivity contribution is 5.36. The molecular formula is C31H37F2NO. The summed E-state index contributed by atoms with van der Waals surface area (Å²) in [6.07, 6.45) is 14.3. The first-order chi connectivity index (χ1) is 17.1. The Morgan fingerprint density at radius 2 is 1.49 bits per heavy atom. The smallest absolute Gasteiger partial charge is 0.144 e. The third-order valence-corrected chi connectivity index (χ3v) is 8.14. The van der Waals surface area contributed by atoms with E-state index in [4.69, 9.17) is 10.00 Å². The van der Waals surface area contributed by atoms with E-state index in [1.54, 1.807) is 6.07 Å². The number of nitriles is 1. The van der Waals surface area contributed by atoms with Crippen molar-refractivity contribution < 1.29 is 13.5 Å². The lowest BCUT2D eigenvalue weighted by molar-refractivity contribution is 0.0274. The van der Waals surface area contributed by atoms with Crippen LogP contribution in [-0.4, -0.2) is 12.7 Å². The number of ether oxygens (including phenoxy) is 1. The predicted molar refractivity (Wildman–Crippen MR) is 136 cm³/mol. The van der Waals surface area contributed by atoms with Crippen molar-refractivity contribution in [1.29, 1.82) is 5.26 Å². The van der Waals surface area contributed by atoms with Crippen molar-refractivity contribution in [3.05, 3.63) is 82.9 Å². The molecule has 4 heteroatoms. The van der Waals surface area contributed by atoms with Crippen LogP contribution in [0.25, 0.3) is 0 Å². The van der Waals surface area contributed by atoms with E-state index in [1.165, 1.54) is 36.1 Å². The molecule has 186 valence electrons. The highest BCUT2D eigenvalue weighted by Crippen LogP contribution is 2.39. The van der Waals surface area contributed by atoms with Gasteiger partial charge >= 0.3 is 0 Å². The van der Waals surface area contributed by atoms with Gasteiger partial charge in [-0.1, -0.05) is 30.3 Å². The summed E-state index contributed by atoms with van der Waals surface area (Å²) in [6.45, 7) is 4.55. The standard InChI is InChI=1S/C31H37F2NO/c1-2-3-18-35-28-16-14-25(15-17-28)24-10-6-22(7-11-24)4-5-23-8-12-26(13-9-23)27-19-30(32)29(21-34)31(33)20-27/h2,6-7,10-11,19-20,23,25-26,28H,1,3-5,8-9,12-18H2. The molecule has 4 rings (SSSR count). The average molecular weight is 478 g/mol. The monoisotopic (exact) mass is 477 g/mol. The summed E-state index contributed by atoms with van der Waals surface area (Å²) in [7, 11) is 0. The molecule has 2 aliphatic rings. The molecule has 2 aromatic carbocycles. The number of hydrogen-bond acceptors (Lipinski definition) is 2. The van der Waals surface area contributed by atoms with E-state index in [-0.39, 0.29) is 5.92 Å². The molecule has 0 radical (unpaired) electrons. The van der Waals surface area contributed by atoms with Gasteiger partial charge in [0, 0.05) is 0 Å². The maximum atomic E-state index is 14.0. The number of aryl methyl sites for hydroxylation is 1. The van der Waals surface area contributed by atoms with E-state index in [0.717, 1.165) is 64.4 Å². The Labute approximate surface area is 209 Å². The average Bonchev–Trinajstić information content (AvgIpc) is 2.88. The summed E-state index contributed by atoms with van der Waals surface area (Å²) >= 11 is 0. The molecule has 2 fully saturated rings. The maximum absolute atomic E-state index is 14.0. The molecule has 35 heavy (non-hydrogen) atoms. The third kappa shape index (κ3) is 6.79. The van der Waals surface area contributed by atoms with Crippen LogP contribution in [0.2, 0.25) is 0 Å². The van der Waals surface area contributed by atoms with E-state index in [9.17, 15) is 8.78 Å². The van der Waals surface area contributed by atoms with Crippen LogP contribution in [-0.2, 0) is 11.2 Å². The van der Waals surface area contributed by atoms with Crippen LogP contribution in [0.5, 0.6) is 0 Å². The van der Waals surface area contributed by atoms with Crippen molar-refractivity contribution in [2.75, 3.05) is 6.61 Å². The lowest BCUT2D eigenvalue weighted by Crippen LogP contribution is -2.21. The highest BCUT2D eigenvalue weighted by Gasteiger charge is 2.25. The summed E-state index contributed by atoms with van der Waals surface area (Å²) < 4.78 is 34.0. The van der Waals surface area contributed by atoms with Crippen molar-refractivity contribution in [1.82, 2.24) is 0 Å². The van der Waals surface area contributed by atoms with Crippen LogP contribution in [0.4, 0.5) is 8.78 Å². The molecule has 2 nitrogen and oxygen atoms in total. The van der Waals surface area contributed by atoms with Crippen molar-refractivity contribution in [3.8, 4) is 6.07 Å². The predicted octanol–water partition coefficient (Wildman–Crippen LogP) is 8.36. The number of halogens is 2.